The Labute approximate surface area is 279 Å². The fourth-order valence-electron chi connectivity index (χ4n) is 6.23. The number of hydrogen-bond acceptors (Lipinski definition) is 4. The molecule has 0 radical (unpaired) electrons. The standard InChI is InChI=1S/C39H45N3O4S/c1-28-19-22-35(23-20-28)47(45,46)42(36-24-29(2)18-21-31(36)4)27-38(43)41(26-33-15-9-8-12-30(33)3)37(25-32-13-6-5-7-14-32)39(44)40-34-16-10-11-17-34/h5-9,12-15,18-24,34,37H,10-11,16-17,25-27H2,1-4H3,(H,40,44)/t37-/m0/s1. The average molecular weight is 652 g/mol. The smallest absolute Gasteiger partial charge is 0.264 e. The highest BCUT2D eigenvalue weighted by atomic mass is 32.2. The second-order valence-electron chi connectivity index (χ2n) is 12.8. The van der Waals surface area contributed by atoms with Gasteiger partial charge in [0.2, 0.25) is 11.8 Å². The van der Waals surface area contributed by atoms with Gasteiger partial charge in [0, 0.05) is 19.0 Å². The molecule has 2 amide bonds. The van der Waals surface area contributed by atoms with Crippen LogP contribution in [0.3, 0.4) is 0 Å². The number of nitrogens with zero attached hydrogens (tertiary/aromatic N) is 2. The quantitative estimate of drug-likeness (QED) is 0.182. The summed E-state index contributed by atoms with van der Waals surface area (Å²) in [7, 11) is -4.16. The monoisotopic (exact) mass is 651 g/mol. The summed E-state index contributed by atoms with van der Waals surface area (Å²) < 4.78 is 30.0. The molecule has 1 aliphatic rings. The van der Waals surface area contributed by atoms with E-state index in [1.165, 1.54) is 4.31 Å². The Hall–Kier alpha value is -4.43. The molecule has 0 bridgehead atoms. The molecule has 0 saturated heterocycles. The maximum atomic E-state index is 14.8. The molecule has 1 atom stereocenters. The number of benzene rings is 4. The van der Waals surface area contributed by atoms with E-state index in [2.05, 4.69) is 5.32 Å². The average Bonchev–Trinajstić information content (AvgIpc) is 3.57. The van der Waals surface area contributed by atoms with Gasteiger partial charge < -0.3 is 10.2 Å². The van der Waals surface area contributed by atoms with Gasteiger partial charge in [0.15, 0.2) is 0 Å². The second kappa shape index (κ2) is 15.0. The molecule has 8 heteroatoms. The van der Waals surface area contributed by atoms with Crippen molar-refractivity contribution in [3.63, 3.8) is 0 Å². The van der Waals surface area contributed by atoms with E-state index in [4.69, 9.17) is 0 Å². The topological polar surface area (TPSA) is 86.8 Å². The lowest BCUT2D eigenvalue weighted by molar-refractivity contribution is -0.140. The molecule has 0 aliphatic heterocycles. The molecule has 0 heterocycles. The van der Waals surface area contributed by atoms with Crippen LogP contribution in [-0.2, 0) is 32.6 Å². The third-order valence-corrected chi connectivity index (χ3v) is 10.9. The summed E-state index contributed by atoms with van der Waals surface area (Å²) in [6.45, 7) is 7.31. The molecule has 1 fully saturated rings. The van der Waals surface area contributed by atoms with Crippen LogP contribution in [0.1, 0.15) is 59.1 Å². The highest BCUT2D eigenvalue weighted by Crippen LogP contribution is 2.29. The molecule has 1 saturated carbocycles. The number of carbonyl (C=O) groups is 2. The van der Waals surface area contributed by atoms with Gasteiger partial charge in [0.1, 0.15) is 12.6 Å². The first-order chi connectivity index (χ1) is 22.5. The number of amides is 2. The van der Waals surface area contributed by atoms with E-state index in [-0.39, 0.29) is 23.4 Å². The van der Waals surface area contributed by atoms with Gasteiger partial charge in [-0.3, -0.25) is 13.9 Å². The van der Waals surface area contributed by atoms with Crippen molar-refractivity contribution in [1.29, 1.82) is 0 Å². The SMILES string of the molecule is Cc1ccc(S(=O)(=O)N(CC(=O)N(Cc2ccccc2C)[C@@H](Cc2ccccc2)C(=O)NC2CCCC2)c2cc(C)ccc2C)cc1. The van der Waals surface area contributed by atoms with E-state index in [1.54, 1.807) is 35.2 Å². The van der Waals surface area contributed by atoms with Crippen molar-refractivity contribution in [2.45, 2.75) is 83.3 Å². The largest absolute Gasteiger partial charge is 0.352 e. The normalized spacial score (nSPS) is 14.0. The van der Waals surface area contributed by atoms with Crippen LogP contribution >= 0.6 is 0 Å². The number of rotatable bonds is 12. The van der Waals surface area contributed by atoms with Crippen molar-refractivity contribution in [2.24, 2.45) is 0 Å². The van der Waals surface area contributed by atoms with Crippen molar-refractivity contribution in [3.05, 3.63) is 130 Å². The Balaban J connectivity index is 1.60. The van der Waals surface area contributed by atoms with Gasteiger partial charge in [0.25, 0.3) is 10.0 Å². The molecule has 4 aromatic carbocycles. The van der Waals surface area contributed by atoms with E-state index < -0.39 is 28.5 Å². The fourth-order valence-corrected chi connectivity index (χ4v) is 7.70. The zero-order chi connectivity index (χ0) is 33.6. The number of nitrogens with one attached hydrogen (secondary N) is 1. The lowest BCUT2D eigenvalue weighted by atomic mass is 10.0. The Morgan fingerprint density at radius 1 is 0.787 bits per heavy atom. The van der Waals surface area contributed by atoms with E-state index in [0.717, 1.165) is 59.1 Å². The number of sulfonamides is 1. The van der Waals surface area contributed by atoms with Crippen LogP contribution in [0.25, 0.3) is 0 Å². The Kier molecular flexibility index (Phi) is 10.8. The van der Waals surface area contributed by atoms with Crippen molar-refractivity contribution >= 4 is 27.5 Å². The minimum Gasteiger partial charge on any atom is -0.352 e. The molecule has 47 heavy (non-hydrogen) atoms. The summed E-state index contributed by atoms with van der Waals surface area (Å²) >= 11 is 0. The molecule has 5 rings (SSSR count). The molecular weight excluding hydrogens is 607 g/mol. The van der Waals surface area contributed by atoms with E-state index in [9.17, 15) is 18.0 Å². The summed E-state index contributed by atoms with van der Waals surface area (Å²) in [5.74, 6) is -0.672. The number of anilines is 1. The van der Waals surface area contributed by atoms with Crippen LogP contribution in [0, 0.1) is 27.7 Å². The van der Waals surface area contributed by atoms with E-state index >= 15 is 0 Å². The third-order valence-electron chi connectivity index (χ3n) is 9.10. The van der Waals surface area contributed by atoms with Crippen LogP contribution in [0.4, 0.5) is 5.69 Å². The first-order valence-corrected chi connectivity index (χ1v) is 17.8. The van der Waals surface area contributed by atoms with Crippen LogP contribution in [0.15, 0.2) is 102 Å². The van der Waals surface area contributed by atoms with Crippen molar-refractivity contribution in [1.82, 2.24) is 10.2 Å². The number of hydrogen-bond donors (Lipinski definition) is 1. The second-order valence-corrected chi connectivity index (χ2v) is 14.6. The molecule has 1 N–H and O–H groups in total. The van der Waals surface area contributed by atoms with Gasteiger partial charge in [-0.15, -0.1) is 0 Å². The molecule has 0 aromatic heterocycles. The molecule has 0 spiro atoms. The Morgan fingerprint density at radius 2 is 1.43 bits per heavy atom. The van der Waals surface area contributed by atoms with Crippen molar-refractivity contribution in [3.8, 4) is 0 Å². The van der Waals surface area contributed by atoms with Gasteiger partial charge in [0.05, 0.1) is 10.6 Å². The predicted octanol–water partition coefficient (Wildman–Crippen LogP) is 6.81. The first kappa shape index (κ1) is 33.9. The summed E-state index contributed by atoms with van der Waals surface area (Å²) in [6, 6.07) is 28.9. The molecule has 1 aliphatic carbocycles. The maximum Gasteiger partial charge on any atom is 0.264 e. The fraction of sp³-hybridized carbons (Fsp3) is 0.333. The summed E-state index contributed by atoms with van der Waals surface area (Å²) in [4.78, 5) is 30.7. The van der Waals surface area contributed by atoms with Crippen molar-refractivity contribution < 1.29 is 18.0 Å². The van der Waals surface area contributed by atoms with Gasteiger partial charge in [-0.25, -0.2) is 8.42 Å². The van der Waals surface area contributed by atoms with Crippen molar-refractivity contribution in [2.75, 3.05) is 10.8 Å². The van der Waals surface area contributed by atoms with E-state index in [1.807, 2.05) is 94.4 Å². The zero-order valence-electron chi connectivity index (χ0n) is 27.8. The van der Waals surface area contributed by atoms with Gasteiger partial charge >= 0.3 is 0 Å². The van der Waals surface area contributed by atoms with Gasteiger partial charge in [-0.1, -0.05) is 97.3 Å². The summed E-state index contributed by atoms with van der Waals surface area (Å²) in [5.41, 5.74) is 5.76. The molecule has 246 valence electrons. The Morgan fingerprint density at radius 3 is 2.11 bits per heavy atom. The lowest BCUT2D eigenvalue weighted by Gasteiger charge is -2.35. The van der Waals surface area contributed by atoms with Crippen LogP contribution in [0.5, 0.6) is 0 Å². The molecule has 7 nitrogen and oxygen atoms in total. The predicted molar refractivity (Wildman–Crippen MR) is 188 cm³/mol. The third kappa shape index (κ3) is 8.30. The summed E-state index contributed by atoms with van der Waals surface area (Å²) in [5, 5.41) is 3.23. The minimum atomic E-state index is -4.16. The molecule has 4 aromatic rings. The van der Waals surface area contributed by atoms with Crippen LogP contribution in [0.2, 0.25) is 0 Å². The van der Waals surface area contributed by atoms with Gasteiger partial charge in [-0.2, -0.15) is 0 Å². The minimum absolute atomic E-state index is 0.0598. The number of carbonyl (C=O) groups excluding carboxylic acids is 2. The van der Waals surface area contributed by atoms with Crippen LogP contribution in [-0.4, -0.2) is 43.8 Å². The summed E-state index contributed by atoms with van der Waals surface area (Å²) in [6.07, 6.45) is 4.23. The highest BCUT2D eigenvalue weighted by Gasteiger charge is 2.36. The maximum absolute atomic E-state index is 14.8. The molecule has 0 unspecified atom stereocenters. The molecular formula is C39H45N3O4S. The highest BCUT2D eigenvalue weighted by molar-refractivity contribution is 7.92. The van der Waals surface area contributed by atoms with E-state index in [0.29, 0.717) is 12.1 Å². The van der Waals surface area contributed by atoms with Crippen LogP contribution < -0.4 is 9.62 Å². The first-order valence-electron chi connectivity index (χ1n) is 16.4. The lowest BCUT2D eigenvalue weighted by Crippen LogP contribution is -2.54. The Bertz CT molecular complexity index is 1800. The zero-order valence-corrected chi connectivity index (χ0v) is 28.6. The van der Waals surface area contributed by atoms with Gasteiger partial charge in [-0.05, 0) is 86.6 Å². The number of aryl methyl sites for hydroxylation is 4.